The monoisotopic (exact) mass is 416 g/mol. The van der Waals surface area contributed by atoms with Crippen LogP contribution in [0.5, 0.6) is 0 Å². The van der Waals surface area contributed by atoms with Gasteiger partial charge in [-0.05, 0) is 103 Å². The second-order valence-corrected chi connectivity index (χ2v) is 12.7. The standard InChI is InChI=1S/C28H48O2/c1-17(2)18(3)7-8-19(4)21-11-12-22-20-9-10-24-26(30)25(29)14-16-28(24,6)23(20)13-15-27(21,22)5/h10,17-23,25-26,29-30H,7-9,11-16H2,1-6H3/t18-,19-,20+,21-,22+,23+,25+,26-,27-,28-/m1/s1. The Hall–Kier alpha value is -0.340. The van der Waals surface area contributed by atoms with Crippen LogP contribution >= 0.6 is 0 Å². The van der Waals surface area contributed by atoms with Crippen LogP contribution in [0.15, 0.2) is 11.6 Å². The van der Waals surface area contributed by atoms with Gasteiger partial charge in [-0.2, -0.15) is 0 Å². The van der Waals surface area contributed by atoms with Crippen molar-refractivity contribution in [3.05, 3.63) is 11.6 Å². The molecule has 0 saturated heterocycles. The van der Waals surface area contributed by atoms with Crippen molar-refractivity contribution in [3.63, 3.8) is 0 Å². The Bertz CT molecular complexity index is 653. The highest BCUT2D eigenvalue weighted by atomic mass is 16.3. The summed E-state index contributed by atoms with van der Waals surface area (Å²) in [5.74, 6) is 5.70. The Labute approximate surface area is 185 Å². The average molecular weight is 417 g/mol. The van der Waals surface area contributed by atoms with E-state index < -0.39 is 12.2 Å². The number of aliphatic hydroxyl groups excluding tert-OH is 2. The maximum absolute atomic E-state index is 10.7. The van der Waals surface area contributed by atoms with Gasteiger partial charge in [0, 0.05) is 0 Å². The van der Waals surface area contributed by atoms with Crippen LogP contribution in [0, 0.1) is 52.3 Å². The molecule has 4 rings (SSSR count). The summed E-state index contributed by atoms with van der Waals surface area (Å²) in [6, 6.07) is 0. The molecule has 30 heavy (non-hydrogen) atoms. The van der Waals surface area contributed by atoms with E-state index in [9.17, 15) is 10.2 Å². The van der Waals surface area contributed by atoms with Crippen molar-refractivity contribution >= 4 is 0 Å². The first-order valence-electron chi connectivity index (χ1n) is 13.2. The Morgan fingerprint density at radius 3 is 2.37 bits per heavy atom. The molecule has 2 N–H and O–H groups in total. The fraction of sp³-hybridized carbons (Fsp3) is 0.929. The molecule has 0 aromatic heterocycles. The van der Waals surface area contributed by atoms with E-state index in [0.717, 1.165) is 54.8 Å². The number of hydrogen-bond acceptors (Lipinski definition) is 2. The van der Waals surface area contributed by atoms with Gasteiger partial charge in [0.25, 0.3) is 0 Å². The van der Waals surface area contributed by atoms with E-state index in [1.54, 1.807) is 0 Å². The van der Waals surface area contributed by atoms with Crippen LogP contribution in [0.4, 0.5) is 0 Å². The molecule has 10 atom stereocenters. The van der Waals surface area contributed by atoms with Crippen molar-refractivity contribution < 1.29 is 10.2 Å². The van der Waals surface area contributed by atoms with Crippen molar-refractivity contribution in [2.45, 2.75) is 112 Å². The summed E-state index contributed by atoms with van der Waals surface area (Å²) in [7, 11) is 0. The summed E-state index contributed by atoms with van der Waals surface area (Å²) in [6.45, 7) is 14.8. The van der Waals surface area contributed by atoms with Gasteiger partial charge in [-0.25, -0.2) is 0 Å². The van der Waals surface area contributed by atoms with Gasteiger partial charge in [-0.15, -0.1) is 0 Å². The van der Waals surface area contributed by atoms with Crippen molar-refractivity contribution in [1.29, 1.82) is 0 Å². The van der Waals surface area contributed by atoms with E-state index >= 15 is 0 Å². The van der Waals surface area contributed by atoms with Crippen molar-refractivity contribution in [3.8, 4) is 0 Å². The highest BCUT2D eigenvalue weighted by Gasteiger charge is 2.60. The molecule has 0 bridgehead atoms. The summed E-state index contributed by atoms with van der Waals surface area (Å²) in [5.41, 5.74) is 1.80. The quantitative estimate of drug-likeness (QED) is 0.495. The van der Waals surface area contributed by atoms with Crippen LogP contribution in [-0.4, -0.2) is 22.4 Å². The minimum atomic E-state index is -0.627. The van der Waals surface area contributed by atoms with E-state index in [0.29, 0.717) is 11.3 Å². The van der Waals surface area contributed by atoms with Crippen molar-refractivity contribution in [1.82, 2.24) is 0 Å². The topological polar surface area (TPSA) is 40.5 Å². The van der Waals surface area contributed by atoms with Gasteiger partial charge in [-0.1, -0.05) is 60.5 Å². The molecular weight excluding hydrogens is 368 g/mol. The Morgan fingerprint density at radius 1 is 0.933 bits per heavy atom. The third-order valence-electron chi connectivity index (χ3n) is 11.1. The zero-order valence-corrected chi connectivity index (χ0v) is 20.5. The second-order valence-electron chi connectivity index (χ2n) is 12.7. The summed E-state index contributed by atoms with van der Waals surface area (Å²) in [5, 5.41) is 21.0. The number of aliphatic hydroxyl groups is 2. The van der Waals surface area contributed by atoms with Crippen molar-refractivity contribution in [2.24, 2.45) is 52.3 Å². The smallest absolute Gasteiger partial charge is 0.101 e. The lowest BCUT2D eigenvalue weighted by molar-refractivity contribution is -0.0802. The molecule has 3 saturated carbocycles. The predicted octanol–water partition coefficient (Wildman–Crippen LogP) is 6.61. The van der Waals surface area contributed by atoms with Crippen LogP contribution < -0.4 is 0 Å². The van der Waals surface area contributed by atoms with Crippen LogP contribution in [0.25, 0.3) is 0 Å². The lowest BCUT2D eigenvalue weighted by Crippen LogP contribution is -2.53. The van der Waals surface area contributed by atoms with Crippen LogP contribution in [0.1, 0.15) is 99.3 Å². The Kier molecular flexibility index (Phi) is 6.26. The van der Waals surface area contributed by atoms with Gasteiger partial charge >= 0.3 is 0 Å². The van der Waals surface area contributed by atoms with Crippen molar-refractivity contribution in [2.75, 3.05) is 0 Å². The van der Waals surface area contributed by atoms with Gasteiger partial charge in [0.05, 0.1) is 6.10 Å². The van der Waals surface area contributed by atoms with Crippen LogP contribution in [0.3, 0.4) is 0 Å². The maximum Gasteiger partial charge on any atom is 0.101 e. The molecule has 3 fully saturated rings. The number of allylic oxidation sites excluding steroid dienone is 1. The molecule has 0 aromatic carbocycles. The Balaban J connectivity index is 1.51. The largest absolute Gasteiger partial charge is 0.390 e. The first-order valence-corrected chi connectivity index (χ1v) is 13.2. The van der Waals surface area contributed by atoms with E-state index in [2.05, 4.69) is 47.6 Å². The van der Waals surface area contributed by atoms with E-state index in [1.807, 2.05) is 0 Å². The van der Waals surface area contributed by atoms with Gasteiger partial charge in [0.15, 0.2) is 0 Å². The zero-order valence-electron chi connectivity index (χ0n) is 20.5. The number of fused-ring (bicyclic) bond motifs is 5. The van der Waals surface area contributed by atoms with Gasteiger partial charge in [0.1, 0.15) is 6.10 Å². The molecule has 0 amide bonds. The first kappa shape index (κ1) is 22.8. The Morgan fingerprint density at radius 2 is 1.67 bits per heavy atom. The minimum absolute atomic E-state index is 0.110. The fourth-order valence-corrected chi connectivity index (χ4v) is 8.75. The molecule has 0 heterocycles. The van der Waals surface area contributed by atoms with E-state index in [-0.39, 0.29) is 5.41 Å². The van der Waals surface area contributed by atoms with Gasteiger partial charge < -0.3 is 10.2 Å². The molecule has 0 aliphatic heterocycles. The predicted molar refractivity (Wildman–Crippen MR) is 125 cm³/mol. The second kappa shape index (κ2) is 8.22. The number of hydrogen-bond donors (Lipinski definition) is 2. The zero-order chi connectivity index (χ0) is 21.8. The highest BCUT2D eigenvalue weighted by Crippen LogP contribution is 2.67. The van der Waals surface area contributed by atoms with Crippen LogP contribution in [0.2, 0.25) is 0 Å². The maximum atomic E-state index is 10.7. The third kappa shape index (κ3) is 3.53. The highest BCUT2D eigenvalue weighted by molar-refractivity contribution is 5.29. The normalized spacial score (nSPS) is 47.8. The molecule has 0 aromatic rings. The average Bonchev–Trinajstić information content (AvgIpc) is 3.06. The van der Waals surface area contributed by atoms with Gasteiger partial charge in [0.2, 0.25) is 0 Å². The van der Waals surface area contributed by atoms with E-state index in [1.165, 1.54) is 44.1 Å². The lowest BCUT2D eigenvalue weighted by atomic mass is 9.46. The van der Waals surface area contributed by atoms with Crippen LogP contribution in [-0.2, 0) is 0 Å². The van der Waals surface area contributed by atoms with Gasteiger partial charge in [-0.3, -0.25) is 0 Å². The summed E-state index contributed by atoms with van der Waals surface area (Å²) < 4.78 is 0. The lowest BCUT2D eigenvalue weighted by Gasteiger charge is -2.59. The fourth-order valence-electron chi connectivity index (χ4n) is 8.75. The molecule has 4 aliphatic carbocycles. The molecular formula is C28H48O2. The molecule has 172 valence electrons. The SMILES string of the molecule is CC(C)[C@H](C)CC[C@@H](C)[C@H]1CC[C@H]2[C@@H]3CC=C4[C@@H](O)[C@@H](O)CC[C@]4(C)[C@H]3CC[C@]12C. The number of rotatable bonds is 5. The molecule has 4 aliphatic rings. The molecule has 0 radical (unpaired) electrons. The first-order chi connectivity index (χ1) is 14.1. The molecule has 0 unspecified atom stereocenters. The summed E-state index contributed by atoms with van der Waals surface area (Å²) >= 11 is 0. The third-order valence-corrected chi connectivity index (χ3v) is 11.1. The molecule has 2 heteroatoms. The molecule has 0 spiro atoms. The summed E-state index contributed by atoms with van der Waals surface area (Å²) in [4.78, 5) is 0. The summed E-state index contributed by atoms with van der Waals surface area (Å²) in [6.07, 6.45) is 12.4. The minimum Gasteiger partial charge on any atom is -0.390 e. The molecule has 2 nitrogen and oxygen atoms in total. The van der Waals surface area contributed by atoms with E-state index in [4.69, 9.17) is 0 Å².